The quantitative estimate of drug-likeness (QED) is 0.520. The van der Waals surface area contributed by atoms with E-state index in [-0.39, 0.29) is 11.6 Å². The van der Waals surface area contributed by atoms with Crippen molar-refractivity contribution >= 4 is 5.97 Å². The van der Waals surface area contributed by atoms with E-state index >= 15 is 0 Å². The molecule has 0 bridgehead atoms. The third-order valence-electron chi connectivity index (χ3n) is 4.05. The number of carbonyl (C=O) groups is 1. The van der Waals surface area contributed by atoms with Crippen molar-refractivity contribution in [3.05, 3.63) is 0 Å². The van der Waals surface area contributed by atoms with Gasteiger partial charge in [-0.1, -0.05) is 20.8 Å². The average molecular weight is 212 g/mol. The van der Waals surface area contributed by atoms with E-state index in [0.29, 0.717) is 5.41 Å². The van der Waals surface area contributed by atoms with Gasteiger partial charge in [0.05, 0.1) is 7.11 Å². The summed E-state index contributed by atoms with van der Waals surface area (Å²) in [6.45, 7) is 6.47. The smallest absolute Gasteiger partial charge is 0.341 e. The van der Waals surface area contributed by atoms with Crippen molar-refractivity contribution in [2.24, 2.45) is 5.41 Å². The van der Waals surface area contributed by atoms with Crippen LogP contribution >= 0.6 is 0 Å². The fourth-order valence-corrected chi connectivity index (χ4v) is 3.16. The maximum atomic E-state index is 11.8. The Balaban J connectivity index is 2.19. The molecule has 2 rings (SSSR count). The predicted octanol–water partition coefficient (Wildman–Crippen LogP) is 2.29. The fourth-order valence-electron chi connectivity index (χ4n) is 3.16. The van der Waals surface area contributed by atoms with E-state index in [1.54, 1.807) is 0 Å². The highest BCUT2D eigenvalue weighted by atomic mass is 16.7. The fraction of sp³-hybridized carbons (Fsp3) is 0.917. The summed E-state index contributed by atoms with van der Waals surface area (Å²) in [6, 6.07) is 0. The minimum absolute atomic E-state index is 0.192. The summed E-state index contributed by atoms with van der Waals surface area (Å²) >= 11 is 0. The van der Waals surface area contributed by atoms with Gasteiger partial charge in [0.2, 0.25) is 0 Å². The van der Waals surface area contributed by atoms with Crippen molar-refractivity contribution in [1.82, 2.24) is 0 Å². The molecule has 1 aliphatic heterocycles. The Bertz CT molecular complexity index is 297. The molecule has 1 saturated heterocycles. The van der Waals surface area contributed by atoms with Crippen molar-refractivity contribution in [2.75, 3.05) is 7.11 Å². The number of rotatable bonds is 2. The minimum atomic E-state index is -0.629. The Kier molecular flexibility index (Phi) is 2.16. The molecule has 0 aromatic carbocycles. The first-order chi connectivity index (χ1) is 6.91. The number of epoxide rings is 1. The molecule has 0 aromatic rings. The van der Waals surface area contributed by atoms with Crippen LogP contribution in [0.3, 0.4) is 0 Å². The van der Waals surface area contributed by atoms with Crippen LogP contribution in [0.1, 0.15) is 46.5 Å². The Labute approximate surface area is 91.1 Å². The number of carbonyl (C=O) groups excluding carboxylic acids is 1. The van der Waals surface area contributed by atoms with E-state index in [2.05, 4.69) is 13.8 Å². The molecule has 0 radical (unpaired) electrons. The van der Waals surface area contributed by atoms with Gasteiger partial charge in [-0.2, -0.15) is 0 Å². The molecule has 1 heterocycles. The molecular formula is C12H20O3. The second-order valence-corrected chi connectivity index (χ2v) is 5.61. The van der Waals surface area contributed by atoms with Crippen LogP contribution < -0.4 is 0 Å². The Hall–Kier alpha value is -0.570. The number of hydrogen-bond acceptors (Lipinski definition) is 3. The van der Waals surface area contributed by atoms with E-state index in [1.165, 1.54) is 7.11 Å². The van der Waals surface area contributed by atoms with E-state index in [4.69, 9.17) is 9.47 Å². The molecule has 0 amide bonds. The summed E-state index contributed by atoms with van der Waals surface area (Å²) in [6.07, 6.45) is 3.81. The first-order valence-corrected chi connectivity index (χ1v) is 5.70. The molecule has 2 fully saturated rings. The number of hydrogen-bond donors (Lipinski definition) is 0. The third-order valence-corrected chi connectivity index (χ3v) is 4.05. The average Bonchev–Trinajstić information content (AvgIpc) is 2.71. The van der Waals surface area contributed by atoms with Crippen LogP contribution in [0.4, 0.5) is 0 Å². The minimum Gasteiger partial charge on any atom is -0.467 e. The van der Waals surface area contributed by atoms with Crippen LogP contribution in [0, 0.1) is 5.41 Å². The molecule has 3 nitrogen and oxygen atoms in total. The van der Waals surface area contributed by atoms with Crippen LogP contribution in [0.15, 0.2) is 0 Å². The lowest BCUT2D eigenvalue weighted by atomic mass is 9.84. The Morgan fingerprint density at radius 1 is 1.40 bits per heavy atom. The van der Waals surface area contributed by atoms with Crippen LogP contribution in [-0.2, 0) is 14.3 Å². The molecule has 0 N–H and O–H groups in total. The van der Waals surface area contributed by atoms with Crippen molar-refractivity contribution < 1.29 is 14.3 Å². The molecule has 1 saturated carbocycles. The summed E-state index contributed by atoms with van der Waals surface area (Å²) in [4.78, 5) is 11.8. The number of methoxy groups -OCH3 is 1. The monoisotopic (exact) mass is 212 g/mol. The molecule has 0 aromatic heterocycles. The summed E-state index contributed by atoms with van der Waals surface area (Å²) < 4.78 is 10.7. The Morgan fingerprint density at radius 2 is 2.07 bits per heavy atom. The molecule has 1 spiro atoms. The van der Waals surface area contributed by atoms with Crippen LogP contribution in [0.25, 0.3) is 0 Å². The van der Waals surface area contributed by atoms with Gasteiger partial charge < -0.3 is 9.47 Å². The Morgan fingerprint density at radius 3 is 2.47 bits per heavy atom. The lowest BCUT2D eigenvalue weighted by molar-refractivity contribution is -0.147. The zero-order chi connectivity index (χ0) is 11.3. The van der Waals surface area contributed by atoms with Crippen molar-refractivity contribution in [2.45, 2.75) is 57.7 Å². The normalized spacial score (nSPS) is 41.9. The molecule has 15 heavy (non-hydrogen) atoms. The van der Waals surface area contributed by atoms with Gasteiger partial charge in [0, 0.05) is 0 Å². The van der Waals surface area contributed by atoms with E-state index in [1.807, 2.05) is 6.92 Å². The van der Waals surface area contributed by atoms with Crippen molar-refractivity contribution in [3.63, 3.8) is 0 Å². The highest BCUT2D eigenvalue weighted by molar-refractivity contribution is 5.85. The SMILES string of the molecule is CCC1(C(=O)OC)OC12CCC(C)(C)C2. The van der Waals surface area contributed by atoms with Crippen molar-refractivity contribution in [3.8, 4) is 0 Å². The summed E-state index contributed by atoms with van der Waals surface area (Å²) in [5.41, 5.74) is -0.543. The van der Waals surface area contributed by atoms with Gasteiger partial charge in [-0.15, -0.1) is 0 Å². The highest BCUT2D eigenvalue weighted by Gasteiger charge is 2.76. The van der Waals surface area contributed by atoms with E-state index in [9.17, 15) is 4.79 Å². The lowest BCUT2D eigenvalue weighted by Crippen LogP contribution is -2.34. The van der Waals surface area contributed by atoms with Gasteiger partial charge in [-0.05, 0) is 31.1 Å². The topological polar surface area (TPSA) is 38.8 Å². The first-order valence-electron chi connectivity index (χ1n) is 5.70. The summed E-state index contributed by atoms with van der Waals surface area (Å²) in [5.74, 6) is -0.192. The number of esters is 1. The molecule has 3 heteroatoms. The van der Waals surface area contributed by atoms with Gasteiger partial charge in [0.1, 0.15) is 5.60 Å². The maximum absolute atomic E-state index is 11.8. The largest absolute Gasteiger partial charge is 0.467 e. The van der Waals surface area contributed by atoms with Gasteiger partial charge in [0.15, 0.2) is 5.60 Å². The van der Waals surface area contributed by atoms with E-state index in [0.717, 1.165) is 25.7 Å². The van der Waals surface area contributed by atoms with Gasteiger partial charge >= 0.3 is 5.97 Å². The first kappa shape index (κ1) is 10.9. The van der Waals surface area contributed by atoms with Gasteiger partial charge in [-0.25, -0.2) is 4.79 Å². The summed E-state index contributed by atoms with van der Waals surface area (Å²) in [5, 5.41) is 0. The van der Waals surface area contributed by atoms with Crippen LogP contribution in [0.5, 0.6) is 0 Å². The zero-order valence-electron chi connectivity index (χ0n) is 10.1. The molecule has 2 aliphatic rings. The predicted molar refractivity (Wildman–Crippen MR) is 56.5 cm³/mol. The highest BCUT2D eigenvalue weighted by Crippen LogP contribution is 2.64. The maximum Gasteiger partial charge on any atom is 0.341 e. The van der Waals surface area contributed by atoms with Gasteiger partial charge in [0.25, 0.3) is 0 Å². The molecule has 86 valence electrons. The number of ether oxygens (including phenoxy) is 2. The van der Waals surface area contributed by atoms with Crippen molar-refractivity contribution in [1.29, 1.82) is 0 Å². The lowest BCUT2D eigenvalue weighted by Gasteiger charge is -2.17. The molecule has 2 atom stereocenters. The standard InChI is InChI=1S/C12H20O3/c1-5-12(9(13)14-4)11(15-12)7-6-10(2,3)8-11/h5-8H2,1-4H3. The summed E-state index contributed by atoms with van der Waals surface area (Å²) in [7, 11) is 1.44. The molecule has 1 aliphatic carbocycles. The second kappa shape index (κ2) is 2.97. The molecular weight excluding hydrogens is 192 g/mol. The van der Waals surface area contributed by atoms with Crippen LogP contribution in [0.2, 0.25) is 0 Å². The molecule has 2 unspecified atom stereocenters. The van der Waals surface area contributed by atoms with Crippen LogP contribution in [-0.4, -0.2) is 24.3 Å². The second-order valence-electron chi connectivity index (χ2n) is 5.61. The zero-order valence-corrected chi connectivity index (χ0v) is 10.1. The van der Waals surface area contributed by atoms with E-state index < -0.39 is 5.60 Å². The third kappa shape index (κ3) is 1.32. The van der Waals surface area contributed by atoms with Gasteiger partial charge in [-0.3, -0.25) is 0 Å².